The molecule has 4 N–H and O–H groups in total. The van der Waals surface area contributed by atoms with Crippen molar-refractivity contribution in [3.63, 3.8) is 0 Å². The first-order valence-electron chi connectivity index (χ1n) is 18.0. The molecule has 0 aliphatic heterocycles. The third-order valence-electron chi connectivity index (χ3n) is 9.07. The van der Waals surface area contributed by atoms with Gasteiger partial charge in [0.1, 0.15) is 22.8 Å². The van der Waals surface area contributed by atoms with Crippen molar-refractivity contribution in [2.24, 2.45) is 0 Å². The summed E-state index contributed by atoms with van der Waals surface area (Å²) < 4.78 is 82.2. The fraction of sp³-hybridized carbons (Fsp3) is 0.143. The van der Waals surface area contributed by atoms with Gasteiger partial charge in [-0.2, -0.15) is 36.5 Å². The van der Waals surface area contributed by atoms with Crippen LogP contribution in [-0.2, 0) is 12.4 Å². The topological polar surface area (TPSA) is 179 Å². The van der Waals surface area contributed by atoms with Crippen LogP contribution in [-0.4, -0.2) is 56.1 Å². The average Bonchev–Trinajstić information content (AvgIpc) is 3.73. The van der Waals surface area contributed by atoms with Gasteiger partial charge in [0.05, 0.1) is 33.9 Å². The number of nitrogens with one attached hydrogen (secondary N) is 1. The van der Waals surface area contributed by atoms with Gasteiger partial charge in [0, 0.05) is 35.9 Å². The van der Waals surface area contributed by atoms with Crippen molar-refractivity contribution in [1.29, 1.82) is 0 Å². The van der Waals surface area contributed by atoms with E-state index in [1.54, 1.807) is 38.4 Å². The summed E-state index contributed by atoms with van der Waals surface area (Å²) in [5.74, 6) is -0.711. The quantitative estimate of drug-likeness (QED) is 0.142. The standard InChI is InChI=1S/C21H16F3N5O.C15H10F3N3O2.C6H8N2/c1-12-6-5-10-25-18(12)27-20(30)17-13(2)28-29-11-9-16(26-19(17)29)14-7-3-4-8-15(14)21(22,23)24;1-8-12(14(22)23)13-19-11(6-7-21(13)20-8)9-4-2-3-5-10(9)15(16,17)18;1-5-3-2-4-8-6(5)7/h3-11H,1-2H3,(H,25,27,30);2-7H,1H3,(H,22,23);2-4H,1H3,(H2,7,8). The lowest BCUT2D eigenvalue weighted by molar-refractivity contribution is -0.137. The van der Waals surface area contributed by atoms with Gasteiger partial charge in [0.2, 0.25) is 0 Å². The molecule has 13 nitrogen and oxygen atoms in total. The number of aryl methyl sites for hydroxylation is 4. The van der Waals surface area contributed by atoms with Gasteiger partial charge in [0.25, 0.3) is 5.91 Å². The number of anilines is 2. The zero-order valence-corrected chi connectivity index (χ0v) is 32.6. The molecule has 1 amide bonds. The molecule has 0 unspecified atom stereocenters. The van der Waals surface area contributed by atoms with E-state index >= 15 is 0 Å². The maximum Gasteiger partial charge on any atom is 0.417 e. The second-order valence-corrected chi connectivity index (χ2v) is 13.3. The van der Waals surface area contributed by atoms with Gasteiger partial charge in [-0.05, 0) is 75.2 Å². The monoisotopic (exact) mass is 840 g/mol. The van der Waals surface area contributed by atoms with Crippen molar-refractivity contribution in [3.8, 4) is 22.5 Å². The molecule has 6 heterocycles. The van der Waals surface area contributed by atoms with Gasteiger partial charge in [0.15, 0.2) is 11.3 Å². The number of fused-ring (bicyclic) bond motifs is 2. The third-order valence-corrected chi connectivity index (χ3v) is 9.07. The fourth-order valence-corrected chi connectivity index (χ4v) is 6.09. The van der Waals surface area contributed by atoms with Gasteiger partial charge in [-0.15, -0.1) is 0 Å². The highest BCUT2D eigenvalue weighted by atomic mass is 19.4. The lowest BCUT2D eigenvalue weighted by Crippen LogP contribution is -2.15. The summed E-state index contributed by atoms with van der Waals surface area (Å²) in [6.45, 7) is 6.87. The Kier molecular flexibility index (Phi) is 12.1. The highest BCUT2D eigenvalue weighted by Gasteiger charge is 2.35. The molecule has 312 valence electrons. The van der Waals surface area contributed by atoms with Crippen molar-refractivity contribution < 1.29 is 41.0 Å². The van der Waals surface area contributed by atoms with Crippen molar-refractivity contribution in [2.45, 2.75) is 40.0 Å². The molecule has 0 fully saturated rings. The lowest BCUT2D eigenvalue weighted by atomic mass is 10.0. The van der Waals surface area contributed by atoms with Crippen LogP contribution < -0.4 is 11.1 Å². The Bertz CT molecular complexity index is 2890. The molecular formula is C42H34F6N10O3. The number of carbonyl (C=O) groups is 2. The molecule has 0 bridgehead atoms. The number of hydrogen-bond donors (Lipinski definition) is 3. The predicted molar refractivity (Wildman–Crippen MR) is 214 cm³/mol. The Labute approximate surface area is 342 Å². The van der Waals surface area contributed by atoms with Gasteiger partial charge < -0.3 is 16.2 Å². The van der Waals surface area contributed by atoms with Gasteiger partial charge >= 0.3 is 18.3 Å². The van der Waals surface area contributed by atoms with Crippen LogP contribution in [0.4, 0.5) is 38.0 Å². The third kappa shape index (κ3) is 9.46. The number of hydrogen-bond acceptors (Lipinski definition) is 9. The number of pyridine rings is 2. The minimum atomic E-state index is -4.53. The maximum atomic E-state index is 13.4. The molecule has 0 saturated carbocycles. The number of benzene rings is 2. The van der Waals surface area contributed by atoms with Crippen LogP contribution in [0.15, 0.2) is 110 Å². The average molecular weight is 841 g/mol. The van der Waals surface area contributed by atoms with Crippen molar-refractivity contribution in [3.05, 3.63) is 154 Å². The van der Waals surface area contributed by atoms with Crippen LogP contribution in [0, 0.1) is 27.7 Å². The summed E-state index contributed by atoms with van der Waals surface area (Å²) in [7, 11) is 0. The molecule has 0 radical (unpaired) electrons. The van der Waals surface area contributed by atoms with E-state index in [-0.39, 0.29) is 50.6 Å². The van der Waals surface area contributed by atoms with Crippen LogP contribution in [0.2, 0.25) is 0 Å². The number of amides is 1. The lowest BCUT2D eigenvalue weighted by Gasteiger charge is -2.12. The molecule has 19 heteroatoms. The number of nitrogens with two attached hydrogens (primary N) is 1. The molecule has 8 aromatic rings. The number of nitrogens with zero attached hydrogens (tertiary/aromatic N) is 8. The number of carboxylic acid groups (broad SMARTS) is 1. The Morgan fingerprint density at radius 2 is 1.08 bits per heavy atom. The Hall–Kier alpha value is -7.70. The Morgan fingerprint density at radius 1 is 0.623 bits per heavy atom. The van der Waals surface area contributed by atoms with E-state index in [0.717, 1.165) is 23.3 Å². The van der Waals surface area contributed by atoms with Gasteiger partial charge in [-0.1, -0.05) is 48.5 Å². The molecule has 61 heavy (non-hydrogen) atoms. The number of carboxylic acids is 1. The highest BCUT2D eigenvalue weighted by molar-refractivity contribution is 6.09. The Balaban J connectivity index is 0.000000177. The predicted octanol–water partition coefficient (Wildman–Crippen LogP) is 9.07. The highest BCUT2D eigenvalue weighted by Crippen LogP contribution is 2.38. The number of rotatable bonds is 5. The normalized spacial score (nSPS) is 11.4. The maximum absolute atomic E-state index is 13.4. The van der Waals surface area contributed by atoms with Gasteiger partial charge in [-0.3, -0.25) is 4.79 Å². The van der Waals surface area contributed by atoms with Crippen LogP contribution in [0.3, 0.4) is 0 Å². The minimum Gasteiger partial charge on any atom is -0.477 e. The van der Waals surface area contributed by atoms with E-state index in [9.17, 15) is 41.0 Å². The minimum absolute atomic E-state index is 0.00415. The first-order valence-corrected chi connectivity index (χ1v) is 18.0. The number of halogens is 6. The zero-order chi connectivity index (χ0) is 44.2. The zero-order valence-electron chi connectivity index (χ0n) is 32.6. The molecule has 0 atom stereocenters. The molecule has 0 spiro atoms. The number of aromatic carboxylic acids is 1. The molecule has 0 aliphatic rings. The SMILES string of the molecule is Cc1cccnc1N.Cc1cccnc1NC(=O)c1c(C)nn2ccc(-c3ccccc3C(F)(F)F)nc12.Cc1nn2ccc(-c3ccccc3C(F)(F)F)nc2c1C(=O)O. The second kappa shape index (κ2) is 17.3. The van der Waals surface area contributed by atoms with E-state index in [2.05, 4.69) is 35.5 Å². The van der Waals surface area contributed by atoms with Crippen molar-refractivity contribution >= 4 is 34.8 Å². The molecule has 8 rings (SSSR count). The largest absolute Gasteiger partial charge is 0.477 e. The molecule has 0 aliphatic carbocycles. The molecule has 0 saturated heterocycles. The number of alkyl halides is 6. The smallest absolute Gasteiger partial charge is 0.417 e. The fourth-order valence-electron chi connectivity index (χ4n) is 6.09. The summed E-state index contributed by atoms with van der Waals surface area (Å²) in [6.07, 6.45) is -2.95. The van der Waals surface area contributed by atoms with Crippen LogP contribution in [0.5, 0.6) is 0 Å². The van der Waals surface area contributed by atoms with E-state index in [1.165, 1.54) is 76.9 Å². The van der Waals surface area contributed by atoms with E-state index in [4.69, 9.17) is 5.73 Å². The second-order valence-electron chi connectivity index (χ2n) is 13.3. The van der Waals surface area contributed by atoms with Crippen LogP contribution in [0.25, 0.3) is 33.8 Å². The summed E-state index contributed by atoms with van der Waals surface area (Å²) in [5.41, 5.74) is 6.38. The summed E-state index contributed by atoms with van der Waals surface area (Å²) >= 11 is 0. The first kappa shape index (κ1) is 42.9. The molecule has 2 aromatic carbocycles. The summed E-state index contributed by atoms with van der Waals surface area (Å²) in [6, 6.07) is 20.4. The number of aromatic nitrogens is 8. The number of carbonyl (C=O) groups excluding carboxylic acids is 1. The first-order chi connectivity index (χ1) is 28.8. The molecule has 6 aromatic heterocycles. The van der Waals surface area contributed by atoms with E-state index in [0.29, 0.717) is 17.3 Å². The Morgan fingerprint density at radius 3 is 1.52 bits per heavy atom. The van der Waals surface area contributed by atoms with Crippen LogP contribution in [0.1, 0.15) is 54.4 Å². The number of nitrogen functional groups attached to an aromatic ring is 1. The van der Waals surface area contributed by atoms with Crippen molar-refractivity contribution in [1.82, 2.24) is 39.2 Å². The molecular weight excluding hydrogens is 807 g/mol. The van der Waals surface area contributed by atoms with Crippen molar-refractivity contribution in [2.75, 3.05) is 11.1 Å². The van der Waals surface area contributed by atoms with Crippen LogP contribution >= 0.6 is 0 Å². The van der Waals surface area contributed by atoms with E-state index < -0.39 is 35.4 Å². The summed E-state index contributed by atoms with van der Waals surface area (Å²) in [4.78, 5) is 40.6. The van der Waals surface area contributed by atoms with E-state index in [1.807, 2.05) is 19.1 Å². The summed E-state index contributed by atoms with van der Waals surface area (Å²) in [5, 5.41) is 20.2. The van der Waals surface area contributed by atoms with Gasteiger partial charge in [-0.25, -0.2) is 33.8 Å².